The molecule has 1 aliphatic rings. The molecule has 1 aliphatic heterocycles. The van der Waals surface area contributed by atoms with Gasteiger partial charge in [0, 0.05) is 23.4 Å². The van der Waals surface area contributed by atoms with Crippen LogP contribution in [0.4, 0.5) is 18.3 Å². The second kappa shape index (κ2) is 8.16. The molecule has 9 heteroatoms. The van der Waals surface area contributed by atoms with Gasteiger partial charge in [-0.25, -0.2) is 4.98 Å². The molecule has 2 heterocycles. The van der Waals surface area contributed by atoms with Crippen LogP contribution in [0, 0.1) is 0 Å². The molecule has 1 aromatic carbocycles. The van der Waals surface area contributed by atoms with E-state index in [-0.39, 0.29) is 35.6 Å². The lowest BCUT2D eigenvalue weighted by atomic mass is 10.1. The molecule has 0 spiro atoms. The molecule has 2 N–H and O–H groups in total. The lowest BCUT2D eigenvalue weighted by molar-refractivity contribution is -0.137. The van der Waals surface area contributed by atoms with E-state index in [4.69, 9.17) is 0 Å². The molecule has 25 heavy (non-hydrogen) atoms. The number of thiazole rings is 1. The molecule has 1 aromatic heterocycles. The third-order valence-electron chi connectivity index (χ3n) is 3.85. The fraction of sp³-hybridized carbons (Fsp3) is 0.375. The molecule has 0 saturated carbocycles. The number of hydrogen-bond donors (Lipinski definition) is 2. The molecule has 3 rings (SSSR count). The van der Waals surface area contributed by atoms with E-state index in [1.807, 2.05) is 0 Å². The Morgan fingerprint density at radius 3 is 2.80 bits per heavy atom. The molecule has 1 fully saturated rings. The van der Waals surface area contributed by atoms with Crippen LogP contribution in [0.25, 0.3) is 11.3 Å². The Morgan fingerprint density at radius 2 is 2.12 bits per heavy atom. The first kappa shape index (κ1) is 19.7. The van der Waals surface area contributed by atoms with Crippen LogP contribution in [-0.2, 0) is 11.0 Å². The molecule has 136 valence electrons. The SMILES string of the molecule is Cl.O=C(CC1CCCN1)Nc1nc(-c2ccccc2C(F)(F)F)cs1. The number of hydrogen-bond acceptors (Lipinski definition) is 4. The summed E-state index contributed by atoms with van der Waals surface area (Å²) in [5.41, 5.74) is -0.509. The number of carbonyl (C=O) groups is 1. The second-order valence-electron chi connectivity index (χ2n) is 5.63. The van der Waals surface area contributed by atoms with Crippen molar-refractivity contribution in [2.24, 2.45) is 0 Å². The van der Waals surface area contributed by atoms with Crippen molar-refractivity contribution in [1.82, 2.24) is 10.3 Å². The Kier molecular flexibility index (Phi) is 6.42. The number of benzene rings is 1. The smallest absolute Gasteiger partial charge is 0.313 e. The Morgan fingerprint density at radius 1 is 1.36 bits per heavy atom. The number of nitrogens with zero attached hydrogens (tertiary/aromatic N) is 1. The number of rotatable bonds is 4. The van der Waals surface area contributed by atoms with E-state index in [1.165, 1.54) is 23.6 Å². The van der Waals surface area contributed by atoms with E-state index in [0.717, 1.165) is 36.8 Å². The molecule has 0 aliphatic carbocycles. The summed E-state index contributed by atoms with van der Waals surface area (Å²) in [5.74, 6) is -0.181. The summed E-state index contributed by atoms with van der Waals surface area (Å²) in [4.78, 5) is 16.1. The first-order chi connectivity index (χ1) is 11.4. The predicted molar refractivity (Wildman–Crippen MR) is 94.1 cm³/mol. The van der Waals surface area contributed by atoms with Gasteiger partial charge in [-0.05, 0) is 25.5 Å². The van der Waals surface area contributed by atoms with Gasteiger partial charge in [0.2, 0.25) is 5.91 Å². The van der Waals surface area contributed by atoms with Crippen LogP contribution in [0.1, 0.15) is 24.8 Å². The van der Waals surface area contributed by atoms with Gasteiger partial charge in [0.15, 0.2) is 5.13 Å². The summed E-state index contributed by atoms with van der Waals surface area (Å²) < 4.78 is 39.2. The minimum absolute atomic E-state index is 0. The van der Waals surface area contributed by atoms with Crippen molar-refractivity contribution in [2.45, 2.75) is 31.5 Å². The monoisotopic (exact) mass is 391 g/mol. The highest BCUT2D eigenvalue weighted by Gasteiger charge is 2.33. The number of carbonyl (C=O) groups excluding carboxylic acids is 1. The molecule has 1 amide bonds. The number of amides is 1. The lowest BCUT2D eigenvalue weighted by Crippen LogP contribution is -2.27. The van der Waals surface area contributed by atoms with Gasteiger partial charge in [-0.3, -0.25) is 4.79 Å². The van der Waals surface area contributed by atoms with Gasteiger partial charge < -0.3 is 10.6 Å². The summed E-state index contributed by atoms with van der Waals surface area (Å²) in [6.45, 7) is 0.910. The second-order valence-corrected chi connectivity index (χ2v) is 6.48. The predicted octanol–water partition coefficient (Wildman–Crippen LogP) is 4.33. The maximum atomic E-state index is 13.1. The fourth-order valence-electron chi connectivity index (χ4n) is 2.73. The summed E-state index contributed by atoms with van der Waals surface area (Å²) in [5, 5.41) is 7.72. The highest BCUT2D eigenvalue weighted by molar-refractivity contribution is 7.14. The van der Waals surface area contributed by atoms with Crippen LogP contribution >= 0.6 is 23.7 Å². The van der Waals surface area contributed by atoms with Gasteiger partial charge in [-0.1, -0.05) is 18.2 Å². The van der Waals surface area contributed by atoms with E-state index >= 15 is 0 Å². The van der Waals surface area contributed by atoms with E-state index in [1.54, 1.807) is 0 Å². The van der Waals surface area contributed by atoms with Gasteiger partial charge in [0.1, 0.15) is 0 Å². The molecular formula is C16H17ClF3N3OS. The third kappa shape index (κ3) is 4.93. The summed E-state index contributed by atoms with van der Waals surface area (Å²) >= 11 is 1.12. The average molecular weight is 392 g/mol. The van der Waals surface area contributed by atoms with E-state index < -0.39 is 11.7 Å². The van der Waals surface area contributed by atoms with Crippen LogP contribution in [0.5, 0.6) is 0 Å². The Labute approximate surface area is 153 Å². The van der Waals surface area contributed by atoms with E-state index in [0.29, 0.717) is 11.6 Å². The Hall–Kier alpha value is -1.64. The van der Waals surface area contributed by atoms with Gasteiger partial charge >= 0.3 is 6.18 Å². The van der Waals surface area contributed by atoms with Crippen molar-refractivity contribution in [2.75, 3.05) is 11.9 Å². The minimum atomic E-state index is -4.45. The summed E-state index contributed by atoms with van der Waals surface area (Å²) in [7, 11) is 0. The van der Waals surface area contributed by atoms with Crippen LogP contribution in [0.15, 0.2) is 29.6 Å². The Balaban J connectivity index is 0.00000225. The number of aromatic nitrogens is 1. The molecule has 4 nitrogen and oxygen atoms in total. The van der Waals surface area contributed by atoms with Crippen LogP contribution < -0.4 is 10.6 Å². The van der Waals surface area contributed by atoms with Crippen molar-refractivity contribution in [3.63, 3.8) is 0 Å². The lowest BCUT2D eigenvalue weighted by Gasteiger charge is -2.11. The maximum Gasteiger partial charge on any atom is 0.417 e. The third-order valence-corrected chi connectivity index (χ3v) is 4.61. The van der Waals surface area contributed by atoms with Gasteiger partial charge in [-0.2, -0.15) is 13.2 Å². The molecular weight excluding hydrogens is 375 g/mol. The minimum Gasteiger partial charge on any atom is -0.313 e. The maximum absolute atomic E-state index is 13.1. The van der Waals surface area contributed by atoms with Crippen molar-refractivity contribution < 1.29 is 18.0 Å². The fourth-order valence-corrected chi connectivity index (χ4v) is 3.46. The van der Waals surface area contributed by atoms with Crippen LogP contribution in [0.3, 0.4) is 0 Å². The van der Waals surface area contributed by atoms with Gasteiger partial charge in [0.05, 0.1) is 11.3 Å². The molecule has 0 radical (unpaired) electrons. The van der Waals surface area contributed by atoms with Crippen molar-refractivity contribution in [1.29, 1.82) is 0 Å². The van der Waals surface area contributed by atoms with E-state index in [9.17, 15) is 18.0 Å². The molecule has 1 unspecified atom stereocenters. The molecule has 0 bridgehead atoms. The van der Waals surface area contributed by atoms with Crippen LogP contribution in [0.2, 0.25) is 0 Å². The number of nitrogens with one attached hydrogen (secondary N) is 2. The zero-order valence-corrected chi connectivity index (χ0v) is 14.7. The zero-order valence-electron chi connectivity index (χ0n) is 13.1. The van der Waals surface area contributed by atoms with Crippen molar-refractivity contribution in [3.05, 3.63) is 35.2 Å². The Bertz CT molecular complexity index is 729. The highest BCUT2D eigenvalue weighted by atomic mass is 35.5. The van der Waals surface area contributed by atoms with Gasteiger partial charge in [-0.15, -0.1) is 23.7 Å². The number of halogens is 4. The van der Waals surface area contributed by atoms with E-state index in [2.05, 4.69) is 15.6 Å². The van der Waals surface area contributed by atoms with Gasteiger partial charge in [0.25, 0.3) is 0 Å². The largest absolute Gasteiger partial charge is 0.417 e. The van der Waals surface area contributed by atoms with Crippen LogP contribution in [-0.4, -0.2) is 23.5 Å². The summed E-state index contributed by atoms with van der Waals surface area (Å²) in [6.07, 6.45) is -2.10. The van der Waals surface area contributed by atoms with Crippen molar-refractivity contribution >= 4 is 34.8 Å². The quantitative estimate of drug-likeness (QED) is 0.815. The standard InChI is InChI=1S/C16H16F3N3OS.ClH/c17-16(18,19)12-6-2-1-5-11(12)13-9-24-15(21-13)22-14(23)8-10-4-3-7-20-10;/h1-2,5-6,9-10,20H,3-4,7-8H2,(H,21,22,23);1H. The topological polar surface area (TPSA) is 54.0 Å². The van der Waals surface area contributed by atoms with Crippen molar-refractivity contribution in [3.8, 4) is 11.3 Å². The molecule has 1 saturated heterocycles. The normalized spacial score (nSPS) is 17.2. The zero-order chi connectivity index (χ0) is 17.2. The first-order valence-electron chi connectivity index (χ1n) is 7.59. The number of alkyl halides is 3. The number of anilines is 1. The first-order valence-corrected chi connectivity index (χ1v) is 8.47. The average Bonchev–Trinajstić information content (AvgIpc) is 3.18. The molecule has 2 aromatic rings. The molecule has 1 atom stereocenters. The summed E-state index contributed by atoms with van der Waals surface area (Å²) in [6, 6.07) is 5.45. The highest BCUT2D eigenvalue weighted by Crippen LogP contribution is 2.37.